The SMILES string of the molecule is CC(=O)c1ccc(Oc2ccoc2CC(=O)C(=O)c2nc[nH]n2)cc1. The maximum absolute atomic E-state index is 12.0. The lowest BCUT2D eigenvalue weighted by atomic mass is 10.1. The Morgan fingerprint density at radius 3 is 2.56 bits per heavy atom. The summed E-state index contributed by atoms with van der Waals surface area (Å²) in [5.41, 5.74) is 0.562. The van der Waals surface area contributed by atoms with Gasteiger partial charge in [-0.3, -0.25) is 19.5 Å². The van der Waals surface area contributed by atoms with Gasteiger partial charge in [0, 0.05) is 11.6 Å². The molecular formula is C17H13N3O5. The van der Waals surface area contributed by atoms with Crippen LogP contribution < -0.4 is 4.74 Å². The predicted octanol–water partition coefficient (Wildman–Crippen LogP) is 2.39. The van der Waals surface area contributed by atoms with E-state index in [1.165, 1.54) is 19.5 Å². The van der Waals surface area contributed by atoms with Crippen LogP contribution in [0.4, 0.5) is 0 Å². The summed E-state index contributed by atoms with van der Waals surface area (Å²) in [5, 5.41) is 5.96. The third-order valence-corrected chi connectivity index (χ3v) is 3.39. The summed E-state index contributed by atoms with van der Waals surface area (Å²) >= 11 is 0. The van der Waals surface area contributed by atoms with Crippen molar-refractivity contribution in [1.82, 2.24) is 15.2 Å². The number of benzene rings is 1. The first-order valence-electron chi connectivity index (χ1n) is 7.33. The molecule has 8 heteroatoms. The third-order valence-electron chi connectivity index (χ3n) is 3.39. The Bertz CT molecular complexity index is 910. The van der Waals surface area contributed by atoms with Gasteiger partial charge >= 0.3 is 0 Å². The van der Waals surface area contributed by atoms with Crippen molar-refractivity contribution in [2.75, 3.05) is 0 Å². The molecule has 0 unspecified atom stereocenters. The average Bonchev–Trinajstić information content (AvgIpc) is 3.27. The lowest BCUT2D eigenvalue weighted by molar-refractivity contribution is -0.114. The molecule has 0 spiro atoms. The van der Waals surface area contributed by atoms with E-state index in [0.717, 1.165) is 0 Å². The maximum atomic E-state index is 12.0. The number of hydrogen-bond acceptors (Lipinski definition) is 7. The van der Waals surface area contributed by atoms with Crippen molar-refractivity contribution >= 4 is 17.3 Å². The van der Waals surface area contributed by atoms with E-state index in [2.05, 4.69) is 15.2 Å². The number of aromatic amines is 1. The van der Waals surface area contributed by atoms with Crippen LogP contribution in [-0.4, -0.2) is 32.5 Å². The van der Waals surface area contributed by atoms with Crippen LogP contribution in [0.5, 0.6) is 11.5 Å². The fraction of sp³-hybridized carbons (Fsp3) is 0.118. The van der Waals surface area contributed by atoms with Crippen LogP contribution in [0, 0.1) is 0 Å². The van der Waals surface area contributed by atoms with E-state index < -0.39 is 11.6 Å². The highest BCUT2D eigenvalue weighted by atomic mass is 16.5. The van der Waals surface area contributed by atoms with Crippen molar-refractivity contribution in [3.63, 3.8) is 0 Å². The summed E-state index contributed by atoms with van der Waals surface area (Å²) < 4.78 is 10.9. The number of carbonyl (C=O) groups excluding carboxylic acids is 3. The molecular weight excluding hydrogens is 326 g/mol. The van der Waals surface area contributed by atoms with Crippen LogP contribution in [0.3, 0.4) is 0 Å². The van der Waals surface area contributed by atoms with E-state index in [4.69, 9.17) is 9.15 Å². The van der Waals surface area contributed by atoms with E-state index >= 15 is 0 Å². The van der Waals surface area contributed by atoms with Gasteiger partial charge in [-0.25, -0.2) is 4.98 Å². The molecule has 0 saturated carbocycles. The molecule has 0 radical (unpaired) electrons. The van der Waals surface area contributed by atoms with Crippen molar-refractivity contribution < 1.29 is 23.5 Å². The van der Waals surface area contributed by atoms with Crippen LogP contribution in [0.2, 0.25) is 0 Å². The number of carbonyl (C=O) groups is 3. The summed E-state index contributed by atoms with van der Waals surface area (Å²) in [5.74, 6) is -0.775. The van der Waals surface area contributed by atoms with Crippen LogP contribution >= 0.6 is 0 Å². The zero-order valence-corrected chi connectivity index (χ0v) is 13.2. The van der Waals surface area contributed by atoms with Crippen molar-refractivity contribution in [2.24, 2.45) is 0 Å². The molecule has 0 fully saturated rings. The summed E-state index contributed by atoms with van der Waals surface area (Å²) in [7, 11) is 0. The number of ketones is 3. The number of nitrogens with zero attached hydrogens (tertiary/aromatic N) is 2. The number of ether oxygens (including phenoxy) is 1. The second-order valence-electron chi connectivity index (χ2n) is 5.14. The number of hydrogen-bond donors (Lipinski definition) is 1. The fourth-order valence-electron chi connectivity index (χ4n) is 2.10. The molecule has 3 aromatic rings. The number of Topliss-reactive ketones (excluding diaryl/α,β-unsaturated/α-hetero) is 3. The second-order valence-corrected chi connectivity index (χ2v) is 5.14. The molecule has 0 aliphatic heterocycles. The number of rotatable bonds is 7. The first-order valence-corrected chi connectivity index (χ1v) is 7.33. The Morgan fingerprint density at radius 1 is 1.16 bits per heavy atom. The highest BCUT2D eigenvalue weighted by Crippen LogP contribution is 2.27. The molecule has 0 atom stereocenters. The van der Waals surface area contributed by atoms with E-state index in [1.54, 1.807) is 30.3 Å². The van der Waals surface area contributed by atoms with Gasteiger partial charge in [-0.15, -0.1) is 5.10 Å². The molecule has 3 rings (SSSR count). The minimum atomic E-state index is -0.811. The zero-order chi connectivity index (χ0) is 17.8. The van der Waals surface area contributed by atoms with Gasteiger partial charge in [0.1, 0.15) is 12.1 Å². The molecule has 0 amide bonds. The van der Waals surface area contributed by atoms with Crippen molar-refractivity contribution in [1.29, 1.82) is 0 Å². The van der Waals surface area contributed by atoms with Gasteiger partial charge in [0.15, 0.2) is 17.3 Å². The molecule has 8 nitrogen and oxygen atoms in total. The number of furan rings is 1. The minimum Gasteiger partial charge on any atom is -0.465 e. The Kier molecular flexibility index (Phi) is 4.51. The molecule has 1 N–H and O–H groups in total. The smallest absolute Gasteiger partial charge is 0.268 e. The van der Waals surface area contributed by atoms with Gasteiger partial charge < -0.3 is 9.15 Å². The third kappa shape index (κ3) is 3.69. The quantitative estimate of drug-likeness (QED) is 0.519. The number of H-pyrrole nitrogens is 1. The molecule has 0 aliphatic rings. The molecule has 0 aliphatic carbocycles. The highest BCUT2D eigenvalue weighted by molar-refractivity contribution is 6.43. The van der Waals surface area contributed by atoms with Crippen molar-refractivity contribution in [2.45, 2.75) is 13.3 Å². The predicted molar refractivity (Wildman–Crippen MR) is 84.7 cm³/mol. The lowest BCUT2D eigenvalue weighted by Crippen LogP contribution is -2.18. The van der Waals surface area contributed by atoms with Gasteiger partial charge in [0.25, 0.3) is 5.78 Å². The first kappa shape index (κ1) is 16.3. The summed E-state index contributed by atoms with van der Waals surface area (Å²) in [6.07, 6.45) is 2.30. The summed E-state index contributed by atoms with van der Waals surface area (Å²) in [6, 6.07) is 8.08. The molecule has 25 heavy (non-hydrogen) atoms. The van der Waals surface area contributed by atoms with E-state index in [1.807, 2.05) is 0 Å². The molecule has 2 aromatic heterocycles. The molecule has 0 bridgehead atoms. The van der Waals surface area contributed by atoms with Crippen molar-refractivity contribution in [3.8, 4) is 11.5 Å². The van der Waals surface area contributed by atoms with Gasteiger partial charge in [0.2, 0.25) is 11.6 Å². The topological polar surface area (TPSA) is 115 Å². The lowest BCUT2D eigenvalue weighted by Gasteiger charge is -2.06. The van der Waals surface area contributed by atoms with Crippen LogP contribution in [0.15, 0.2) is 47.3 Å². The number of nitrogens with one attached hydrogen (secondary N) is 1. The van der Waals surface area contributed by atoms with Gasteiger partial charge in [0.05, 0.1) is 12.7 Å². The summed E-state index contributed by atoms with van der Waals surface area (Å²) in [4.78, 5) is 38.9. The summed E-state index contributed by atoms with van der Waals surface area (Å²) in [6.45, 7) is 1.47. The minimum absolute atomic E-state index is 0.0494. The van der Waals surface area contributed by atoms with E-state index in [-0.39, 0.29) is 23.8 Å². The van der Waals surface area contributed by atoms with Gasteiger partial charge in [-0.05, 0) is 31.2 Å². The average molecular weight is 339 g/mol. The standard InChI is InChI=1S/C17H13N3O5/c1-10(21)11-2-4-12(5-3-11)25-14-6-7-24-15(14)8-13(22)16(23)17-18-9-19-20-17/h2-7,9H,8H2,1H3,(H,18,19,20). The Morgan fingerprint density at radius 2 is 1.92 bits per heavy atom. The fourth-order valence-corrected chi connectivity index (χ4v) is 2.10. The van der Waals surface area contributed by atoms with Crippen LogP contribution in [0.1, 0.15) is 33.7 Å². The Labute approximate surface area is 141 Å². The monoisotopic (exact) mass is 339 g/mol. The van der Waals surface area contributed by atoms with Crippen LogP contribution in [-0.2, 0) is 11.2 Å². The molecule has 2 heterocycles. The normalized spacial score (nSPS) is 10.4. The van der Waals surface area contributed by atoms with E-state index in [0.29, 0.717) is 17.1 Å². The Balaban J connectivity index is 1.71. The largest absolute Gasteiger partial charge is 0.465 e. The first-order chi connectivity index (χ1) is 12.0. The molecule has 1 aromatic carbocycles. The highest BCUT2D eigenvalue weighted by Gasteiger charge is 2.23. The maximum Gasteiger partial charge on any atom is 0.268 e. The number of aromatic nitrogens is 3. The Hall–Kier alpha value is -3.55. The second kappa shape index (κ2) is 6.91. The van der Waals surface area contributed by atoms with E-state index in [9.17, 15) is 14.4 Å². The molecule has 0 saturated heterocycles. The zero-order valence-electron chi connectivity index (χ0n) is 13.2. The van der Waals surface area contributed by atoms with Gasteiger partial charge in [-0.2, -0.15) is 0 Å². The van der Waals surface area contributed by atoms with Crippen LogP contribution in [0.25, 0.3) is 0 Å². The molecule has 126 valence electrons. The van der Waals surface area contributed by atoms with Crippen molar-refractivity contribution in [3.05, 3.63) is 60.1 Å². The van der Waals surface area contributed by atoms with Gasteiger partial charge in [-0.1, -0.05) is 0 Å².